The minimum Gasteiger partial charge on any atom is -0.481 e. The van der Waals surface area contributed by atoms with Gasteiger partial charge in [-0.15, -0.1) is 0 Å². The highest BCUT2D eigenvalue weighted by Crippen LogP contribution is 2.27. The molecule has 0 spiro atoms. The first-order valence-electron chi connectivity index (χ1n) is 7.36. The molecule has 1 aliphatic rings. The predicted octanol–water partition coefficient (Wildman–Crippen LogP) is 1.13. The number of amides is 1. The molecule has 1 fully saturated rings. The summed E-state index contributed by atoms with van der Waals surface area (Å²) in [5, 5.41) is 8.90. The highest BCUT2D eigenvalue weighted by Gasteiger charge is 2.40. The highest BCUT2D eigenvalue weighted by atomic mass is 16.4. The number of nitrogens with two attached hydrogens (primary N) is 1. The van der Waals surface area contributed by atoms with Crippen molar-refractivity contribution in [2.75, 3.05) is 19.6 Å². The number of aryl methyl sites for hydroxylation is 1. The second-order valence-electron chi connectivity index (χ2n) is 5.57. The Morgan fingerprint density at radius 1 is 1.33 bits per heavy atom. The van der Waals surface area contributed by atoms with Gasteiger partial charge in [-0.2, -0.15) is 0 Å². The average molecular weight is 290 g/mol. The van der Waals surface area contributed by atoms with Gasteiger partial charge in [-0.25, -0.2) is 0 Å². The van der Waals surface area contributed by atoms with Crippen LogP contribution in [0.5, 0.6) is 0 Å². The normalized spacial score (nSPS) is 21.8. The van der Waals surface area contributed by atoms with Gasteiger partial charge in [0.25, 0.3) is 0 Å². The van der Waals surface area contributed by atoms with Crippen LogP contribution in [0.3, 0.4) is 0 Å². The van der Waals surface area contributed by atoms with E-state index in [9.17, 15) is 9.59 Å². The van der Waals surface area contributed by atoms with Crippen LogP contribution >= 0.6 is 0 Å². The van der Waals surface area contributed by atoms with Crippen LogP contribution in [0.25, 0.3) is 0 Å². The first kappa shape index (κ1) is 15.5. The van der Waals surface area contributed by atoms with E-state index >= 15 is 0 Å². The summed E-state index contributed by atoms with van der Waals surface area (Å²) in [7, 11) is 0. The molecule has 0 aliphatic carbocycles. The highest BCUT2D eigenvalue weighted by molar-refractivity contribution is 5.85. The Bertz CT molecular complexity index is 490. The van der Waals surface area contributed by atoms with Gasteiger partial charge >= 0.3 is 5.97 Å². The summed E-state index contributed by atoms with van der Waals surface area (Å²) in [6.45, 7) is 1.61. The first-order valence-corrected chi connectivity index (χ1v) is 7.36. The second-order valence-corrected chi connectivity index (χ2v) is 5.57. The summed E-state index contributed by atoms with van der Waals surface area (Å²) in [4.78, 5) is 24.9. The van der Waals surface area contributed by atoms with E-state index in [2.05, 4.69) is 12.1 Å². The molecule has 0 unspecified atom stereocenters. The summed E-state index contributed by atoms with van der Waals surface area (Å²) in [6, 6.07) is 10.1. The van der Waals surface area contributed by atoms with Gasteiger partial charge < -0.3 is 15.7 Å². The van der Waals surface area contributed by atoms with Crippen molar-refractivity contribution in [3.8, 4) is 0 Å². The van der Waals surface area contributed by atoms with Gasteiger partial charge in [0, 0.05) is 19.0 Å². The Labute approximate surface area is 124 Å². The lowest BCUT2D eigenvalue weighted by Gasteiger charge is -2.16. The summed E-state index contributed by atoms with van der Waals surface area (Å²) < 4.78 is 0. The van der Waals surface area contributed by atoms with Crippen LogP contribution in [-0.4, -0.2) is 41.5 Å². The molecule has 1 saturated heterocycles. The minimum atomic E-state index is -0.932. The number of rotatable bonds is 7. The fourth-order valence-electron chi connectivity index (χ4n) is 2.94. The zero-order valence-electron chi connectivity index (χ0n) is 12.1. The van der Waals surface area contributed by atoms with E-state index in [4.69, 9.17) is 10.8 Å². The van der Waals surface area contributed by atoms with Crippen molar-refractivity contribution in [3.63, 3.8) is 0 Å². The number of hydrogen-bond donors (Lipinski definition) is 2. The number of likely N-dealkylation sites (tertiary alicyclic amines) is 1. The van der Waals surface area contributed by atoms with Crippen molar-refractivity contribution in [3.05, 3.63) is 35.9 Å². The lowest BCUT2D eigenvalue weighted by Crippen LogP contribution is -2.29. The van der Waals surface area contributed by atoms with Crippen LogP contribution in [0, 0.1) is 11.8 Å². The molecule has 114 valence electrons. The molecular formula is C16H22N2O3. The van der Waals surface area contributed by atoms with Crippen molar-refractivity contribution in [1.29, 1.82) is 0 Å². The zero-order valence-corrected chi connectivity index (χ0v) is 12.1. The molecule has 0 bridgehead atoms. The monoisotopic (exact) mass is 290 g/mol. The summed E-state index contributed by atoms with van der Waals surface area (Å²) in [5.74, 6) is -1.48. The number of hydrogen-bond acceptors (Lipinski definition) is 3. The first-order chi connectivity index (χ1) is 10.1. The van der Waals surface area contributed by atoms with E-state index in [1.54, 1.807) is 4.90 Å². The van der Waals surface area contributed by atoms with Gasteiger partial charge in [-0.3, -0.25) is 9.59 Å². The van der Waals surface area contributed by atoms with E-state index in [1.807, 2.05) is 18.2 Å². The van der Waals surface area contributed by atoms with Crippen LogP contribution in [-0.2, 0) is 16.0 Å². The third kappa shape index (κ3) is 4.04. The zero-order chi connectivity index (χ0) is 15.2. The van der Waals surface area contributed by atoms with Crippen molar-refractivity contribution in [2.24, 2.45) is 17.6 Å². The van der Waals surface area contributed by atoms with Gasteiger partial charge in [0.05, 0.1) is 12.3 Å². The summed E-state index contributed by atoms with van der Waals surface area (Å²) in [5.41, 5.74) is 6.92. The van der Waals surface area contributed by atoms with E-state index < -0.39 is 11.9 Å². The smallest absolute Gasteiger partial charge is 0.304 e. The molecule has 1 aliphatic heterocycles. The van der Waals surface area contributed by atoms with Crippen LogP contribution in [0.15, 0.2) is 30.3 Å². The van der Waals surface area contributed by atoms with Crippen LogP contribution in [0.2, 0.25) is 0 Å². The Morgan fingerprint density at radius 2 is 2.05 bits per heavy atom. The molecule has 2 atom stereocenters. The molecule has 1 heterocycles. The van der Waals surface area contributed by atoms with Crippen molar-refractivity contribution < 1.29 is 14.7 Å². The van der Waals surface area contributed by atoms with Gasteiger partial charge in [0.2, 0.25) is 5.91 Å². The number of carbonyl (C=O) groups is 2. The number of nitrogens with zero attached hydrogens (tertiary/aromatic N) is 1. The lowest BCUT2D eigenvalue weighted by atomic mass is 9.93. The molecule has 3 N–H and O–H groups in total. The number of carbonyl (C=O) groups excluding carboxylic acids is 1. The Kier molecular flexibility index (Phi) is 5.33. The van der Waals surface area contributed by atoms with Crippen molar-refractivity contribution in [1.82, 2.24) is 4.90 Å². The standard InChI is InChI=1S/C16H22N2O3/c17-10-13-11-18(16(21)14(13)9-15(19)20)8-4-7-12-5-2-1-3-6-12/h1-3,5-6,13-14H,4,7-11,17H2,(H,19,20)/t13-,14+/m1/s1. The third-order valence-corrected chi connectivity index (χ3v) is 4.09. The molecule has 1 aromatic rings. The molecule has 1 aromatic carbocycles. The number of benzene rings is 1. The van der Waals surface area contributed by atoms with Crippen molar-refractivity contribution in [2.45, 2.75) is 19.3 Å². The van der Waals surface area contributed by atoms with Crippen LogP contribution in [0.4, 0.5) is 0 Å². The molecule has 0 aromatic heterocycles. The molecule has 2 rings (SSSR count). The van der Waals surface area contributed by atoms with Crippen LogP contribution < -0.4 is 5.73 Å². The van der Waals surface area contributed by atoms with Gasteiger partial charge in [-0.05, 0) is 24.9 Å². The van der Waals surface area contributed by atoms with E-state index in [1.165, 1.54) is 5.56 Å². The molecular weight excluding hydrogens is 268 g/mol. The maximum atomic E-state index is 12.3. The van der Waals surface area contributed by atoms with E-state index in [0.29, 0.717) is 19.6 Å². The number of aliphatic carboxylic acids is 1. The molecule has 1 amide bonds. The molecule has 21 heavy (non-hydrogen) atoms. The van der Waals surface area contributed by atoms with Crippen molar-refractivity contribution >= 4 is 11.9 Å². The molecule has 5 nitrogen and oxygen atoms in total. The molecule has 0 saturated carbocycles. The fraction of sp³-hybridized carbons (Fsp3) is 0.500. The molecule has 0 radical (unpaired) electrons. The lowest BCUT2D eigenvalue weighted by molar-refractivity contribution is -0.142. The van der Waals surface area contributed by atoms with Gasteiger partial charge in [0.1, 0.15) is 0 Å². The Morgan fingerprint density at radius 3 is 2.67 bits per heavy atom. The van der Waals surface area contributed by atoms with Gasteiger partial charge in [0.15, 0.2) is 0 Å². The summed E-state index contributed by atoms with van der Waals surface area (Å²) in [6.07, 6.45) is 1.68. The Hall–Kier alpha value is -1.88. The fourth-order valence-corrected chi connectivity index (χ4v) is 2.94. The van der Waals surface area contributed by atoms with Gasteiger partial charge in [-0.1, -0.05) is 30.3 Å². The maximum absolute atomic E-state index is 12.3. The Balaban J connectivity index is 1.86. The quantitative estimate of drug-likeness (QED) is 0.788. The SMILES string of the molecule is NC[C@@H]1CN(CCCc2ccccc2)C(=O)[C@H]1CC(=O)O. The third-order valence-electron chi connectivity index (χ3n) is 4.09. The van der Waals surface area contributed by atoms with E-state index in [-0.39, 0.29) is 18.2 Å². The van der Waals surface area contributed by atoms with Crippen LogP contribution in [0.1, 0.15) is 18.4 Å². The number of carboxylic acids is 1. The summed E-state index contributed by atoms with van der Waals surface area (Å²) >= 11 is 0. The predicted molar refractivity (Wildman–Crippen MR) is 79.6 cm³/mol. The minimum absolute atomic E-state index is 0.0367. The average Bonchev–Trinajstić information content (AvgIpc) is 2.76. The number of carboxylic acid groups (broad SMARTS) is 1. The largest absolute Gasteiger partial charge is 0.481 e. The van der Waals surface area contributed by atoms with E-state index in [0.717, 1.165) is 12.8 Å². The second kappa shape index (κ2) is 7.22. The topological polar surface area (TPSA) is 83.6 Å². The maximum Gasteiger partial charge on any atom is 0.304 e. The molecule has 5 heteroatoms.